The Morgan fingerprint density at radius 1 is 1.03 bits per heavy atom. The van der Waals surface area contributed by atoms with Gasteiger partial charge in [0, 0.05) is 23.2 Å². The van der Waals surface area contributed by atoms with Crippen molar-refractivity contribution in [1.29, 1.82) is 5.26 Å². The van der Waals surface area contributed by atoms with E-state index < -0.39 is 0 Å². The van der Waals surface area contributed by atoms with Gasteiger partial charge in [0.25, 0.3) is 0 Å². The zero-order valence-electron chi connectivity index (χ0n) is 21.8. The smallest absolute Gasteiger partial charge is 0.162 e. The molecule has 2 fully saturated rings. The summed E-state index contributed by atoms with van der Waals surface area (Å²) in [5.41, 5.74) is 4.45. The van der Waals surface area contributed by atoms with Crippen LogP contribution in [0.1, 0.15) is 55.3 Å². The third-order valence-electron chi connectivity index (χ3n) is 7.89. The predicted octanol–water partition coefficient (Wildman–Crippen LogP) is 5.69. The molecule has 3 N–H and O–H groups in total. The minimum Gasteiger partial charge on any atom is -0.366 e. The standard InChI is InChI=1S/C30H32N8/c1-18-17-32-13-12-24(18)35-30-28-23(20-5-3-6-20)7-4-8-25(28)36-29(38-30)21-11-14-33-27(15-21)37-26-10-9-22(16-31)19(2)34-26/h4,7-11,14-15,18,20,24,32H,3,5-6,12-13,17H2,1-2H3,(H,33,34,37)(H,35,36,38)/t18-,24+/m1/s1. The molecule has 0 radical (unpaired) electrons. The van der Waals surface area contributed by atoms with Gasteiger partial charge < -0.3 is 16.0 Å². The average molecular weight is 505 g/mol. The maximum atomic E-state index is 9.20. The number of aryl methyl sites for hydroxylation is 1. The molecule has 1 aromatic carbocycles. The van der Waals surface area contributed by atoms with E-state index in [9.17, 15) is 5.26 Å². The molecule has 2 atom stereocenters. The van der Waals surface area contributed by atoms with Crippen molar-refractivity contribution in [3.8, 4) is 17.5 Å². The van der Waals surface area contributed by atoms with Gasteiger partial charge in [-0.1, -0.05) is 25.5 Å². The van der Waals surface area contributed by atoms with Crippen molar-refractivity contribution in [3.05, 3.63) is 65.5 Å². The van der Waals surface area contributed by atoms with Gasteiger partial charge in [-0.05, 0) is 87.0 Å². The zero-order valence-corrected chi connectivity index (χ0v) is 21.8. The van der Waals surface area contributed by atoms with E-state index in [0.29, 0.717) is 46.6 Å². The Bertz CT molecular complexity index is 1520. The van der Waals surface area contributed by atoms with Crippen molar-refractivity contribution in [2.75, 3.05) is 23.7 Å². The lowest BCUT2D eigenvalue weighted by Crippen LogP contribution is -2.42. The highest BCUT2D eigenvalue weighted by Crippen LogP contribution is 2.42. The lowest BCUT2D eigenvalue weighted by Gasteiger charge is -2.32. The first-order valence-corrected chi connectivity index (χ1v) is 13.5. The quantitative estimate of drug-likeness (QED) is 0.307. The van der Waals surface area contributed by atoms with Crippen LogP contribution in [-0.4, -0.2) is 39.1 Å². The van der Waals surface area contributed by atoms with Crippen LogP contribution in [0.5, 0.6) is 0 Å². The second-order valence-corrected chi connectivity index (χ2v) is 10.5. The fourth-order valence-electron chi connectivity index (χ4n) is 5.42. The summed E-state index contributed by atoms with van der Waals surface area (Å²) >= 11 is 0. The van der Waals surface area contributed by atoms with E-state index in [2.05, 4.69) is 57.1 Å². The lowest BCUT2D eigenvalue weighted by molar-refractivity contribution is 0.368. The Morgan fingerprint density at radius 3 is 2.68 bits per heavy atom. The second kappa shape index (κ2) is 10.3. The van der Waals surface area contributed by atoms with Crippen LogP contribution in [0, 0.1) is 24.2 Å². The van der Waals surface area contributed by atoms with Gasteiger partial charge in [0.1, 0.15) is 23.5 Å². The molecular formula is C30H32N8. The SMILES string of the molecule is Cc1nc(Nc2cc(-c3nc(N[C@H]4CCNC[C@H]4C)c4c(C5CCC5)cccc4n3)ccn2)ccc1C#N. The fraction of sp³-hybridized carbons (Fsp3) is 0.367. The number of nitrogens with zero attached hydrogens (tertiary/aromatic N) is 5. The van der Waals surface area contributed by atoms with Gasteiger partial charge in [-0.2, -0.15) is 5.26 Å². The number of hydrogen-bond acceptors (Lipinski definition) is 8. The molecule has 1 saturated carbocycles. The minimum absolute atomic E-state index is 0.358. The Balaban J connectivity index is 1.39. The summed E-state index contributed by atoms with van der Waals surface area (Å²) in [7, 11) is 0. The second-order valence-electron chi connectivity index (χ2n) is 10.5. The number of hydrogen-bond donors (Lipinski definition) is 3. The third kappa shape index (κ3) is 4.77. The van der Waals surface area contributed by atoms with Gasteiger partial charge in [-0.25, -0.2) is 19.9 Å². The molecule has 0 unspecified atom stereocenters. The summed E-state index contributed by atoms with van der Waals surface area (Å²) in [6.45, 7) is 6.13. The Morgan fingerprint density at radius 2 is 1.92 bits per heavy atom. The number of pyridine rings is 2. The number of fused-ring (bicyclic) bond motifs is 1. The van der Waals surface area contributed by atoms with Gasteiger partial charge >= 0.3 is 0 Å². The number of aromatic nitrogens is 4. The van der Waals surface area contributed by atoms with E-state index in [1.165, 1.54) is 24.8 Å². The molecule has 192 valence electrons. The van der Waals surface area contributed by atoms with Crippen LogP contribution in [0.15, 0.2) is 48.7 Å². The highest BCUT2D eigenvalue weighted by Gasteiger charge is 2.27. The molecule has 1 aliphatic heterocycles. The molecule has 1 aliphatic carbocycles. The zero-order chi connectivity index (χ0) is 26.1. The number of nitrogens with one attached hydrogen (secondary N) is 3. The van der Waals surface area contributed by atoms with E-state index in [1.54, 1.807) is 18.3 Å². The first kappa shape index (κ1) is 24.3. The predicted molar refractivity (Wildman–Crippen MR) is 150 cm³/mol. The van der Waals surface area contributed by atoms with Crippen LogP contribution in [0.25, 0.3) is 22.3 Å². The number of nitriles is 1. The average Bonchev–Trinajstić information content (AvgIpc) is 2.89. The van der Waals surface area contributed by atoms with Crippen LogP contribution in [0.3, 0.4) is 0 Å². The minimum atomic E-state index is 0.358. The Kier molecular flexibility index (Phi) is 6.61. The van der Waals surface area contributed by atoms with Gasteiger partial charge in [0.05, 0.1) is 16.8 Å². The highest BCUT2D eigenvalue weighted by molar-refractivity contribution is 5.94. The molecule has 0 amide bonds. The van der Waals surface area contributed by atoms with E-state index >= 15 is 0 Å². The summed E-state index contributed by atoms with van der Waals surface area (Å²) in [4.78, 5) is 19.1. The van der Waals surface area contributed by atoms with Crippen molar-refractivity contribution in [3.63, 3.8) is 0 Å². The van der Waals surface area contributed by atoms with Gasteiger partial charge in [0.15, 0.2) is 5.82 Å². The maximum absolute atomic E-state index is 9.20. The Labute approximate surface area is 223 Å². The monoisotopic (exact) mass is 504 g/mol. The highest BCUT2D eigenvalue weighted by atomic mass is 15.1. The Hall–Kier alpha value is -4.09. The van der Waals surface area contributed by atoms with E-state index in [1.807, 2.05) is 19.1 Å². The van der Waals surface area contributed by atoms with Crippen LogP contribution in [-0.2, 0) is 0 Å². The van der Waals surface area contributed by atoms with Crippen molar-refractivity contribution in [1.82, 2.24) is 25.3 Å². The molecule has 2 aliphatic rings. The molecule has 0 spiro atoms. The summed E-state index contributed by atoms with van der Waals surface area (Å²) in [5, 5.41) is 21.0. The van der Waals surface area contributed by atoms with Crippen LogP contribution in [0.4, 0.5) is 17.5 Å². The first-order chi connectivity index (χ1) is 18.6. The topological polar surface area (TPSA) is 111 Å². The molecule has 8 nitrogen and oxygen atoms in total. The van der Waals surface area contributed by atoms with Gasteiger partial charge in [-0.15, -0.1) is 0 Å². The molecule has 4 heterocycles. The van der Waals surface area contributed by atoms with Crippen molar-refractivity contribution < 1.29 is 0 Å². The fourth-order valence-corrected chi connectivity index (χ4v) is 5.42. The molecule has 0 bridgehead atoms. The number of benzene rings is 1. The summed E-state index contributed by atoms with van der Waals surface area (Å²) < 4.78 is 0. The molecular weight excluding hydrogens is 472 g/mol. The summed E-state index contributed by atoms with van der Waals surface area (Å²) in [5.74, 6) is 3.97. The van der Waals surface area contributed by atoms with Crippen molar-refractivity contribution in [2.24, 2.45) is 5.92 Å². The summed E-state index contributed by atoms with van der Waals surface area (Å²) in [6.07, 6.45) is 6.56. The number of rotatable bonds is 6. The number of anilines is 3. The first-order valence-electron chi connectivity index (χ1n) is 13.5. The van der Waals surface area contributed by atoms with E-state index in [4.69, 9.17) is 9.97 Å². The molecule has 1 saturated heterocycles. The number of piperidine rings is 1. The molecule has 38 heavy (non-hydrogen) atoms. The van der Waals surface area contributed by atoms with Crippen LogP contribution >= 0.6 is 0 Å². The van der Waals surface area contributed by atoms with Crippen molar-refractivity contribution in [2.45, 2.75) is 51.5 Å². The van der Waals surface area contributed by atoms with Crippen LogP contribution < -0.4 is 16.0 Å². The van der Waals surface area contributed by atoms with E-state index in [0.717, 1.165) is 41.8 Å². The van der Waals surface area contributed by atoms with Crippen molar-refractivity contribution >= 4 is 28.4 Å². The third-order valence-corrected chi connectivity index (χ3v) is 7.89. The normalized spacial score (nSPS) is 19.5. The summed E-state index contributed by atoms with van der Waals surface area (Å²) in [6, 6.07) is 16.4. The molecule has 8 heteroatoms. The lowest BCUT2D eigenvalue weighted by atomic mass is 9.78. The van der Waals surface area contributed by atoms with Crippen LogP contribution in [0.2, 0.25) is 0 Å². The van der Waals surface area contributed by atoms with E-state index in [-0.39, 0.29) is 0 Å². The molecule has 3 aromatic heterocycles. The molecule has 6 rings (SSSR count). The van der Waals surface area contributed by atoms with Gasteiger partial charge in [0.2, 0.25) is 0 Å². The largest absolute Gasteiger partial charge is 0.366 e. The molecule has 4 aromatic rings. The van der Waals surface area contributed by atoms with Gasteiger partial charge in [-0.3, -0.25) is 0 Å². The maximum Gasteiger partial charge on any atom is 0.162 e.